The summed E-state index contributed by atoms with van der Waals surface area (Å²) in [6.07, 6.45) is -2.20. The molecule has 0 aromatic carbocycles. The molecule has 1 aliphatic rings. The summed E-state index contributed by atoms with van der Waals surface area (Å²) >= 11 is 2.46. The minimum absolute atomic E-state index is 0.0478. The lowest BCUT2D eigenvalue weighted by Crippen LogP contribution is -2.42. The maximum absolute atomic E-state index is 12.5. The normalized spacial score (nSPS) is 17.9. The van der Waals surface area contributed by atoms with Crippen molar-refractivity contribution in [2.75, 3.05) is 31.2 Å². The minimum Gasteiger partial charge on any atom is -0.300 e. The van der Waals surface area contributed by atoms with Crippen LogP contribution in [0.15, 0.2) is 5.16 Å². The van der Waals surface area contributed by atoms with Gasteiger partial charge in [-0.15, -0.1) is 0 Å². The van der Waals surface area contributed by atoms with Gasteiger partial charge in [0.05, 0.1) is 12.5 Å². The molecule has 1 aromatic rings. The van der Waals surface area contributed by atoms with Crippen molar-refractivity contribution < 1.29 is 18.0 Å². The maximum Gasteiger partial charge on any atom is 0.391 e. The molecule has 118 valence electrons. The molecule has 0 spiro atoms. The number of alkyl halides is 3. The molecule has 0 saturated carbocycles. The van der Waals surface area contributed by atoms with Crippen LogP contribution < -0.4 is 5.32 Å². The third-order valence-electron chi connectivity index (χ3n) is 3.25. The van der Waals surface area contributed by atoms with E-state index in [0.29, 0.717) is 10.3 Å². The number of anilines is 1. The molecular formula is C11H15F3N4OS2. The molecule has 1 aromatic heterocycles. The van der Waals surface area contributed by atoms with Gasteiger partial charge in [0.15, 0.2) is 0 Å². The van der Waals surface area contributed by atoms with E-state index < -0.39 is 12.1 Å². The van der Waals surface area contributed by atoms with E-state index in [1.165, 1.54) is 11.8 Å². The number of nitrogens with one attached hydrogen (secondary N) is 1. The molecule has 1 aliphatic heterocycles. The standard InChI is InChI=1S/C11H15F3N4OS2/c1-20-10-16-9(21-17-10)15-8(19)6-18-4-2-7(3-5-18)11(12,13)14/h7H,2-6H2,1H3,(H,15,16,17,19). The number of halogens is 3. The Balaban J connectivity index is 1.76. The first kappa shape index (κ1) is 16.5. The van der Waals surface area contributed by atoms with Gasteiger partial charge in [-0.2, -0.15) is 22.5 Å². The van der Waals surface area contributed by atoms with Gasteiger partial charge in [0.2, 0.25) is 16.2 Å². The second-order valence-electron chi connectivity index (χ2n) is 4.73. The van der Waals surface area contributed by atoms with Crippen molar-refractivity contribution in [2.45, 2.75) is 24.2 Å². The number of hydrogen-bond donors (Lipinski definition) is 1. The Kier molecular flexibility index (Phi) is 5.44. The van der Waals surface area contributed by atoms with Crippen LogP contribution in [0, 0.1) is 5.92 Å². The zero-order valence-corrected chi connectivity index (χ0v) is 12.9. The molecule has 1 N–H and O–H groups in total. The van der Waals surface area contributed by atoms with Gasteiger partial charge < -0.3 is 0 Å². The van der Waals surface area contributed by atoms with Crippen LogP contribution >= 0.6 is 23.3 Å². The fraction of sp³-hybridized carbons (Fsp3) is 0.727. The summed E-state index contributed by atoms with van der Waals surface area (Å²) in [7, 11) is 0. The topological polar surface area (TPSA) is 58.1 Å². The van der Waals surface area contributed by atoms with E-state index in [9.17, 15) is 18.0 Å². The third kappa shape index (κ3) is 4.82. The zero-order valence-electron chi connectivity index (χ0n) is 11.3. The van der Waals surface area contributed by atoms with Crippen molar-refractivity contribution in [3.05, 3.63) is 0 Å². The van der Waals surface area contributed by atoms with Crippen LogP contribution in [0.2, 0.25) is 0 Å². The van der Waals surface area contributed by atoms with Gasteiger partial charge in [0, 0.05) is 11.5 Å². The molecule has 0 atom stereocenters. The molecule has 0 radical (unpaired) electrons. The van der Waals surface area contributed by atoms with E-state index in [-0.39, 0.29) is 38.4 Å². The number of thioether (sulfide) groups is 1. The van der Waals surface area contributed by atoms with Crippen LogP contribution in [0.25, 0.3) is 0 Å². The summed E-state index contributed by atoms with van der Waals surface area (Å²) in [5.74, 6) is -1.52. The molecule has 5 nitrogen and oxygen atoms in total. The Hall–Kier alpha value is -0.870. The lowest BCUT2D eigenvalue weighted by Gasteiger charge is -2.32. The number of likely N-dealkylation sites (tertiary alicyclic amines) is 1. The molecule has 0 aliphatic carbocycles. The average Bonchev–Trinajstić information content (AvgIpc) is 2.85. The zero-order chi connectivity index (χ0) is 15.5. The molecule has 2 heterocycles. The van der Waals surface area contributed by atoms with Crippen LogP contribution in [0.3, 0.4) is 0 Å². The van der Waals surface area contributed by atoms with E-state index in [2.05, 4.69) is 14.7 Å². The summed E-state index contributed by atoms with van der Waals surface area (Å²) in [5, 5.41) is 3.61. The largest absolute Gasteiger partial charge is 0.391 e. The second-order valence-corrected chi connectivity index (χ2v) is 6.25. The molecule has 21 heavy (non-hydrogen) atoms. The number of carbonyl (C=O) groups excluding carboxylic acids is 1. The maximum atomic E-state index is 12.5. The molecular weight excluding hydrogens is 325 g/mol. The lowest BCUT2D eigenvalue weighted by atomic mass is 9.96. The van der Waals surface area contributed by atoms with Crippen molar-refractivity contribution in [3.8, 4) is 0 Å². The number of amides is 1. The second kappa shape index (κ2) is 6.93. The number of aromatic nitrogens is 2. The average molecular weight is 340 g/mol. The number of rotatable bonds is 4. The van der Waals surface area contributed by atoms with Crippen LogP contribution in [-0.4, -0.2) is 52.2 Å². The highest BCUT2D eigenvalue weighted by atomic mass is 32.2. The predicted octanol–water partition coefficient (Wildman–Crippen LogP) is 2.47. The number of carbonyl (C=O) groups is 1. The fourth-order valence-corrected chi connectivity index (χ4v) is 3.27. The highest BCUT2D eigenvalue weighted by molar-refractivity contribution is 7.98. The Morgan fingerprint density at radius 3 is 2.67 bits per heavy atom. The van der Waals surface area contributed by atoms with Crippen LogP contribution in [0.1, 0.15) is 12.8 Å². The SMILES string of the molecule is CSc1nsc(NC(=O)CN2CCC(C(F)(F)F)CC2)n1. The van der Waals surface area contributed by atoms with Gasteiger partial charge in [0.25, 0.3) is 0 Å². The Labute approximate surface area is 128 Å². The van der Waals surface area contributed by atoms with Crippen molar-refractivity contribution in [2.24, 2.45) is 5.92 Å². The first-order chi connectivity index (χ1) is 9.88. The number of nitrogens with zero attached hydrogens (tertiary/aromatic N) is 3. The quantitative estimate of drug-likeness (QED) is 0.854. The molecule has 1 amide bonds. The van der Waals surface area contributed by atoms with Crippen LogP contribution in [0.5, 0.6) is 0 Å². The first-order valence-corrected chi connectivity index (χ1v) is 8.35. The van der Waals surface area contributed by atoms with Gasteiger partial charge in [-0.1, -0.05) is 11.8 Å². The Morgan fingerprint density at radius 1 is 1.48 bits per heavy atom. The third-order valence-corrected chi connectivity index (χ3v) is 4.55. The Morgan fingerprint density at radius 2 is 2.14 bits per heavy atom. The van der Waals surface area contributed by atoms with Gasteiger partial charge in [-0.05, 0) is 32.2 Å². The molecule has 1 saturated heterocycles. The van der Waals surface area contributed by atoms with Crippen LogP contribution in [0.4, 0.5) is 18.3 Å². The van der Waals surface area contributed by atoms with E-state index in [4.69, 9.17) is 0 Å². The summed E-state index contributed by atoms with van der Waals surface area (Å²) in [5.41, 5.74) is 0. The van der Waals surface area contributed by atoms with Gasteiger partial charge in [-0.3, -0.25) is 15.0 Å². The van der Waals surface area contributed by atoms with Crippen molar-refractivity contribution in [1.29, 1.82) is 0 Å². The van der Waals surface area contributed by atoms with Gasteiger partial charge >= 0.3 is 6.18 Å². The highest BCUT2D eigenvalue weighted by Gasteiger charge is 2.41. The molecule has 10 heteroatoms. The molecule has 0 unspecified atom stereocenters. The first-order valence-electron chi connectivity index (χ1n) is 6.35. The van der Waals surface area contributed by atoms with Gasteiger partial charge in [-0.25, -0.2) is 0 Å². The predicted molar refractivity (Wildman–Crippen MR) is 75.5 cm³/mol. The summed E-state index contributed by atoms with van der Waals surface area (Å²) in [6, 6.07) is 0. The van der Waals surface area contributed by atoms with E-state index in [1.807, 2.05) is 6.26 Å². The Bertz CT molecular complexity index is 486. The lowest BCUT2D eigenvalue weighted by molar-refractivity contribution is -0.184. The number of hydrogen-bond acceptors (Lipinski definition) is 6. The smallest absolute Gasteiger partial charge is 0.300 e. The molecule has 1 fully saturated rings. The van der Waals surface area contributed by atoms with E-state index >= 15 is 0 Å². The minimum atomic E-state index is -4.13. The van der Waals surface area contributed by atoms with Gasteiger partial charge in [0.1, 0.15) is 0 Å². The molecule has 0 bridgehead atoms. The van der Waals surface area contributed by atoms with Crippen molar-refractivity contribution in [3.63, 3.8) is 0 Å². The monoisotopic (exact) mass is 340 g/mol. The number of piperidine rings is 1. The fourth-order valence-electron chi connectivity index (χ4n) is 2.12. The van der Waals surface area contributed by atoms with Crippen molar-refractivity contribution >= 4 is 34.3 Å². The highest BCUT2D eigenvalue weighted by Crippen LogP contribution is 2.33. The summed E-state index contributed by atoms with van der Waals surface area (Å²) < 4.78 is 41.6. The van der Waals surface area contributed by atoms with E-state index in [1.54, 1.807) is 4.90 Å². The summed E-state index contributed by atoms with van der Waals surface area (Å²) in [4.78, 5) is 17.6. The molecule has 2 rings (SSSR count). The van der Waals surface area contributed by atoms with Crippen molar-refractivity contribution in [1.82, 2.24) is 14.3 Å². The van der Waals surface area contributed by atoms with E-state index in [0.717, 1.165) is 11.5 Å². The summed E-state index contributed by atoms with van der Waals surface area (Å²) in [6.45, 7) is 0.645. The van der Waals surface area contributed by atoms with Crippen LogP contribution in [-0.2, 0) is 4.79 Å².